The molecule has 0 fully saturated rings. The predicted molar refractivity (Wildman–Crippen MR) is 120 cm³/mol. The number of amides is 3. The Morgan fingerprint density at radius 1 is 1.25 bits per heavy atom. The van der Waals surface area contributed by atoms with E-state index in [0.29, 0.717) is 31.9 Å². The Morgan fingerprint density at radius 3 is 2.66 bits per heavy atom. The van der Waals surface area contributed by atoms with E-state index in [4.69, 9.17) is 13.9 Å². The highest BCUT2D eigenvalue weighted by atomic mass is 16.5. The zero-order chi connectivity index (χ0) is 22.9. The van der Waals surface area contributed by atoms with E-state index in [2.05, 4.69) is 10.4 Å². The monoisotopic (exact) mass is 442 g/mol. The second-order valence-electron chi connectivity index (χ2n) is 7.40. The van der Waals surface area contributed by atoms with E-state index < -0.39 is 0 Å². The van der Waals surface area contributed by atoms with Crippen molar-refractivity contribution in [1.29, 1.82) is 0 Å². The van der Waals surface area contributed by atoms with Crippen LogP contribution < -0.4 is 10.1 Å². The molecule has 2 heterocycles. The smallest absolute Gasteiger partial charge is 0.317 e. The van der Waals surface area contributed by atoms with E-state index in [-0.39, 0.29) is 24.5 Å². The Labute approximate surface area is 188 Å². The van der Waals surface area contributed by atoms with Crippen molar-refractivity contribution in [3.8, 4) is 5.75 Å². The van der Waals surface area contributed by atoms with Gasteiger partial charge in [-0.2, -0.15) is 5.10 Å². The SMILES string of the molecule is CCCNC(=O)N(CCOC)CC(=O)N1N=C(c2ccc(OC)cc2)C[C@H]1c1ccco1. The third-order valence-electron chi connectivity index (χ3n) is 5.17. The van der Waals surface area contributed by atoms with E-state index in [1.165, 1.54) is 9.91 Å². The zero-order valence-electron chi connectivity index (χ0n) is 18.7. The molecular formula is C23H30N4O5. The van der Waals surface area contributed by atoms with Gasteiger partial charge >= 0.3 is 6.03 Å². The topological polar surface area (TPSA) is 96.6 Å². The largest absolute Gasteiger partial charge is 0.497 e. The number of urea groups is 1. The number of rotatable bonds is 10. The summed E-state index contributed by atoms with van der Waals surface area (Å²) >= 11 is 0. The lowest BCUT2D eigenvalue weighted by atomic mass is 10.0. The molecule has 0 saturated carbocycles. The number of carbonyl (C=O) groups excluding carboxylic acids is 2. The molecule has 0 aliphatic carbocycles. The van der Waals surface area contributed by atoms with Crippen LogP contribution in [-0.4, -0.2) is 68.0 Å². The molecule has 1 aliphatic heterocycles. The molecule has 9 nitrogen and oxygen atoms in total. The Bertz CT molecular complexity index is 911. The molecule has 1 N–H and O–H groups in total. The van der Waals surface area contributed by atoms with Gasteiger partial charge in [0.2, 0.25) is 0 Å². The number of methoxy groups -OCH3 is 2. The molecule has 0 spiro atoms. The van der Waals surface area contributed by atoms with Gasteiger partial charge in [0.05, 0.1) is 25.7 Å². The minimum absolute atomic E-state index is 0.116. The summed E-state index contributed by atoms with van der Waals surface area (Å²) in [6.45, 7) is 3.02. The molecule has 9 heteroatoms. The van der Waals surface area contributed by atoms with Crippen LogP contribution in [0.4, 0.5) is 4.79 Å². The van der Waals surface area contributed by atoms with Crippen molar-refractivity contribution in [2.24, 2.45) is 5.10 Å². The van der Waals surface area contributed by atoms with Crippen LogP contribution in [0.5, 0.6) is 5.75 Å². The number of furan rings is 1. The summed E-state index contributed by atoms with van der Waals surface area (Å²) in [6, 6.07) is 10.5. The van der Waals surface area contributed by atoms with Crippen LogP contribution in [-0.2, 0) is 9.53 Å². The first-order chi connectivity index (χ1) is 15.6. The van der Waals surface area contributed by atoms with Gasteiger partial charge < -0.3 is 24.1 Å². The summed E-state index contributed by atoms with van der Waals surface area (Å²) in [5.74, 6) is 1.09. The van der Waals surface area contributed by atoms with E-state index in [1.807, 2.05) is 37.3 Å². The number of hydrazone groups is 1. The first-order valence-electron chi connectivity index (χ1n) is 10.7. The van der Waals surface area contributed by atoms with Crippen molar-refractivity contribution >= 4 is 17.6 Å². The summed E-state index contributed by atoms with van der Waals surface area (Å²) < 4.78 is 15.9. The zero-order valence-corrected chi connectivity index (χ0v) is 18.7. The lowest BCUT2D eigenvalue weighted by molar-refractivity contribution is -0.134. The Kier molecular flexibility index (Phi) is 8.27. The number of hydrogen-bond acceptors (Lipinski definition) is 6. The van der Waals surface area contributed by atoms with Crippen molar-refractivity contribution < 1.29 is 23.5 Å². The van der Waals surface area contributed by atoms with Crippen LogP contribution in [0.25, 0.3) is 0 Å². The van der Waals surface area contributed by atoms with Gasteiger partial charge in [-0.05, 0) is 48.4 Å². The molecule has 3 rings (SSSR count). The molecular weight excluding hydrogens is 412 g/mol. The summed E-state index contributed by atoms with van der Waals surface area (Å²) in [4.78, 5) is 27.3. The Morgan fingerprint density at radius 2 is 2.03 bits per heavy atom. The molecule has 1 atom stereocenters. The molecule has 0 saturated heterocycles. The Balaban J connectivity index is 1.81. The van der Waals surface area contributed by atoms with Gasteiger partial charge in [-0.15, -0.1) is 0 Å². The predicted octanol–water partition coefficient (Wildman–Crippen LogP) is 3.03. The van der Waals surface area contributed by atoms with Crippen LogP contribution in [0.1, 0.15) is 37.1 Å². The van der Waals surface area contributed by atoms with Crippen LogP contribution >= 0.6 is 0 Å². The summed E-state index contributed by atoms with van der Waals surface area (Å²) in [7, 11) is 3.17. The Hall–Kier alpha value is -3.33. The standard InChI is InChI=1S/C23H30N4O5/c1-4-11-24-23(29)26(12-14-30-2)16-22(28)27-20(21-6-5-13-32-21)15-19(25-27)17-7-9-18(31-3)10-8-17/h5-10,13,20H,4,11-12,14-16H2,1-3H3,(H,24,29)/t20-/m0/s1. The third-order valence-corrected chi connectivity index (χ3v) is 5.17. The maximum Gasteiger partial charge on any atom is 0.317 e. The average molecular weight is 443 g/mol. The summed E-state index contributed by atoms with van der Waals surface area (Å²) in [5, 5.41) is 8.85. The fourth-order valence-electron chi connectivity index (χ4n) is 3.43. The van der Waals surface area contributed by atoms with Crippen molar-refractivity contribution in [3.05, 3.63) is 54.0 Å². The van der Waals surface area contributed by atoms with Crippen LogP contribution in [0.2, 0.25) is 0 Å². The number of hydrogen-bond donors (Lipinski definition) is 1. The van der Waals surface area contributed by atoms with Gasteiger partial charge in [-0.1, -0.05) is 6.92 Å². The molecule has 1 aromatic carbocycles. The molecule has 2 aromatic rings. The minimum atomic E-state index is -0.377. The van der Waals surface area contributed by atoms with Crippen LogP contribution in [0.3, 0.4) is 0 Å². The molecule has 32 heavy (non-hydrogen) atoms. The van der Waals surface area contributed by atoms with E-state index in [1.54, 1.807) is 26.5 Å². The molecule has 172 valence electrons. The summed E-state index contributed by atoms with van der Waals surface area (Å²) in [5.41, 5.74) is 1.66. The number of benzene rings is 1. The third kappa shape index (κ3) is 5.67. The molecule has 1 aliphatic rings. The normalized spacial score (nSPS) is 15.4. The second-order valence-corrected chi connectivity index (χ2v) is 7.40. The lowest BCUT2D eigenvalue weighted by Gasteiger charge is -2.26. The number of nitrogens with one attached hydrogen (secondary N) is 1. The van der Waals surface area contributed by atoms with Gasteiger partial charge in [-0.3, -0.25) is 4.79 Å². The van der Waals surface area contributed by atoms with Gasteiger partial charge in [-0.25, -0.2) is 9.80 Å². The van der Waals surface area contributed by atoms with Crippen molar-refractivity contribution in [1.82, 2.24) is 15.2 Å². The van der Waals surface area contributed by atoms with Gasteiger partial charge in [0, 0.05) is 26.6 Å². The van der Waals surface area contributed by atoms with Gasteiger partial charge in [0.1, 0.15) is 24.1 Å². The molecule has 0 radical (unpaired) electrons. The van der Waals surface area contributed by atoms with Crippen molar-refractivity contribution in [2.45, 2.75) is 25.8 Å². The first kappa shape index (κ1) is 23.3. The number of carbonyl (C=O) groups is 2. The van der Waals surface area contributed by atoms with Crippen LogP contribution in [0.15, 0.2) is 52.2 Å². The summed E-state index contributed by atoms with van der Waals surface area (Å²) in [6.07, 6.45) is 2.89. The highest BCUT2D eigenvalue weighted by Crippen LogP contribution is 2.33. The van der Waals surface area contributed by atoms with Crippen molar-refractivity contribution in [3.63, 3.8) is 0 Å². The van der Waals surface area contributed by atoms with Crippen molar-refractivity contribution in [2.75, 3.05) is 40.5 Å². The average Bonchev–Trinajstić information content (AvgIpc) is 3.50. The lowest BCUT2D eigenvalue weighted by Crippen LogP contribution is -2.47. The molecule has 3 amide bonds. The van der Waals surface area contributed by atoms with E-state index in [0.717, 1.165) is 23.4 Å². The highest BCUT2D eigenvalue weighted by Gasteiger charge is 2.35. The maximum absolute atomic E-state index is 13.3. The van der Waals surface area contributed by atoms with Gasteiger partial charge in [0.25, 0.3) is 5.91 Å². The number of nitrogens with zero attached hydrogens (tertiary/aromatic N) is 3. The molecule has 0 unspecified atom stereocenters. The second kappa shape index (κ2) is 11.3. The van der Waals surface area contributed by atoms with E-state index >= 15 is 0 Å². The van der Waals surface area contributed by atoms with Crippen LogP contribution in [0, 0.1) is 0 Å². The van der Waals surface area contributed by atoms with E-state index in [9.17, 15) is 9.59 Å². The molecule has 0 bridgehead atoms. The first-order valence-corrected chi connectivity index (χ1v) is 10.7. The minimum Gasteiger partial charge on any atom is -0.497 e. The fraction of sp³-hybridized carbons (Fsp3) is 0.435. The van der Waals surface area contributed by atoms with Gasteiger partial charge in [0.15, 0.2) is 0 Å². The maximum atomic E-state index is 13.3. The fourth-order valence-corrected chi connectivity index (χ4v) is 3.43. The quantitative estimate of drug-likeness (QED) is 0.610. The molecule has 1 aromatic heterocycles. The highest BCUT2D eigenvalue weighted by molar-refractivity contribution is 6.03. The number of ether oxygens (including phenoxy) is 2.